The lowest BCUT2D eigenvalue weighted by atomic mass is 9.85. The number of rotatable bonds is 3. The van der Waals surface area contributed by atoms with E-state index in [1.807, 2.05) is 24.4 Å². The predicted octanol–water partition coefficient (Wildman–Crippen LogP) is 5.31. The van der Waals surface area contributed by atoms with E-state index in [2.05, 4.69) is 18.8 Å². The van der Waals surface area contributed by atoms with Crippen molar-refractivity contribution in [1.29, 1.82) is 0 Å². The maximum atomic E-state index is 13.5. The van der Waals surface area contributed by atoms with Crippen molar-refractivity contribution in [2.24, 2.45) is 0 Å². The molecule has 1 fully saturated rings. The molecule has 1 unspecified atom stereocenters. The first-order valence-electron chi connectivity index (χ1n) is 8.45. The Hall–Kier alpha value is -2.03. The van der Waals surface area contributed by atoms with Gasteiger partial charge in [0.25, 0.3) is 0 Å². The van der Waals surface area contributed by atoms with Crippen LogP contribution in [0.2, 0.25) is 0 Å². The molecule has 2 aliphatic carbocycles. The molecule has 3 heteroatoms. The monoisotopic (exact) mass is 308 g/mol. The van der Waals surface area contributed by atoms with Crippen LogP contribution in [-0.4, -0.2) is 16.1 Å². The van der Waals surface area contributed by atoms with E-state index in [-0.39, 0.29) is 0 Å². The van der Waals surface area contributed by atoms with Gasteiger partial charge in [0.1, 0.15) is 6.17 Å². The van der Waals surface area contributed by atoms with Crippen molar-refractivity contribution in [2.45, 2.75) is 51.1 Å². The topological polar surface area (TPSA) is 25.8 Å². The number of nitrogens with zero attached hydrogens (tertiary/aromatic N) is 2. The van der Waals surface area contributed by atoms with Gasteiger partial charge >= 0.3 is 0 Å². The van der Waals surface area contributed by atoms with Gasteiger partial charge in [0, 0.05) is 35.8 Å². The molecule has 0 radical (unpaired) electrons. The highest BCUT2D eigenvalue weighted by Gasteiger charge is 2.31. The quantitative estimate of drug-likeness (QED) is 0.767. The molecule has 2 nitrogen and oxygen atoms in total. The fraction of sp³-hybridized carbons (Fsp3) is 0.400. The number of pyridine rings is 2. The third kappa shape index (κ3) is 2.58. The van der Waals surface area contributed by atoms with Crippen molar-refractivity contribution in [2.75, 3.05) is 0 Å². The SMILES string of the molecule is CC(C)c1c(C2CC2)nc2ccncc2c1C1=CCC(F)C=C1. The average Bonchev–Trinajstić information content (AvgIpc) is 3.38. The smallest absolute Gasteiger partial charge is 0.122 e. The molecule has 0 aliphatic heterocycles. The molecule has 0 aromatic carbocycles. The summed E-state index contributed by atoms with van der Waals surface area (Å²) in [7, 11) is 0. The summed E-state index contributed by atoms with van der Waals surface area (Å²) in [5, 5.41) is 1.08. The van der Waals surface area contributed by atoms with Crippen molar-refractivity contribution in [3.05, 3.63) is 53.5 Å². The fourth-order valence-electron chi connectivity index (χ4n) is 3.48. The molecule has 4 rings (SSSR count). The minimum atomic E-state index is -0.865. The fourth-order valence-corrected chi connectivity index (χ4v) is 3.48. The van der Waals surface area contributed by atoms with Crippen LogP contribution in [0.25, 0.3) is 16.5 Å². The molecule has 0 amide bonds. The van der Waals surface area contributed by atoms with Crippen molar-refractivity contribution in [3.63, 3.8) is 0 Å². The van der Waals surface area contributed by atoms with Crippen molar-refractivity contribution < 1.29 is 4.39 Å². The summed E-state index contributed by atoms with van der Waals surface area (Å²) in [6, 6.07) is 1.99. The Balaban J connectivity index is 2.02. The number of allylic oxidation sites excluding steroid dienone is 4. The van der Waals surface area contributed by atoms with Crippen LogP contribution >= 0.6 is 0 Å². The van der Waals surface area contributed by atoms with Gasteiger partial charge in [-0.2, -0.15) is 0 Å². The standard InChI is InChI=1S/C20H21FN2/c1-12(2)18-19(13-5-7-15(21)8-6-13)16-11-22-10-9-17(16)23-20(18)14-3-4-14/h5-7,9-12,14-15H,3-4,8H2,1-2H3. The van der Waals surface area contributed by atoms with Gasteiger partial charge in [0.2, 0.25) is 0 Å². The summed E-state index contributed by atoms with van der Waals surface area (Å²) >= 11 is 0. The van der Waals surface area contributed by atoms with Crippen LogP contribution in [0.15, 0.2) is 36.7 Å². The Morgan fingerprint density at radius 2 is 2.09 bits per heavy atom. The summed E-state index contributed by atoms with van der Waals surface area (Å²) in [4.78, 5) is 9.27. The number of alkyl halides is 1. The normalized spacial score (nSPS) is 21.0. The lowest BCUT2D eigenvalue weighted by Crippen LogP contribution is -2.07. The molecule has 2 aromatic rings. The zero-order chi connectivity index (χ0) is 16.0. The molecule has 1 atom stereocenters. The van der Waals surface area contributed by atoms with Crippen LogP contribution < -0.4 is 0 Å². The first-order valence-corrected chi connectivity index (χ1v) is 8.45. The first kappa shape index (κ1) is 14.6. The van der Waals surface area contributed by atoms with E-state index in [1.54, 1.807) is 12.3 Å². The summed E-state index contributed by atoms with van der Waals surface area (Å²) < 4.78 is 13.5. The van der Waals surface area contributed by atoms with Crippen LogP contribution in [-0.2, 0) is 0 Å². The van der Waals surface area contributed by atoms with Gasteiger partial charge in [0.15, 0.2) is 0 Å². The third-order valence-corrected chi connectivity index (χ3v) is 4.73. The maximum Gasteiger partial charge on any atom is 0.122 e. The second-order valence-corrected chi connectivity index (χ2v) is 6.88. The summed E-state index contributed by atoms with van der Waals surface area (Å²) in [5.41, 5.74) is 5.89. The third-order valence-electron chi connectivity index (χ3n) is 4.73. The Labute approximate surface area is 136 Å². The number of hydrogen-bond donors (Lipinski definition) is 0. The molecule has 118 valence electrons. The largest absolute Gasteiger partial charge is 0.264 e. The van der Waals surface area contributed by atoms with E-state index in [0.717, 1.165) is 16.5 Å². The Morgan fingerprint density at radius 1 is 1.26 bits per heavy atom. The number of aromatic nitrogens is 2. The molecule has 0 N–H and O–H groups in total. The average molecular weight is 308 g/mol. The molecule has 2 aliphatic rings. The maximum absolute atomic E-state index is 13.5. The molecule has 0 bridgehead atoms. The van der Waals surface area contributed by atoms with Crippen LogP contribution in [0.1, 0.15) is 61.8 Å². The van der Waals surface area contributed by atoms with Gasteiger partial charge in [-0.25, -0.2) is 4.39 Å². The summed E-state index contributed by atoms with van der Waals surface area (Å²) in [6.07, 6.45) is 11.4. The second-order valence-electron chi connectivity index (χ2n) is 6.88. The minimum absolute atomic E-state index is 0.384. The molecule has 1 saturated carbocycles. The van der Waals surface area contributed by atoms with Gasteiger partial charge in [0.05, 0.1) is 5.52 Å². The van der Waals surface area contributed by atoms with E-state index in [4.69, 9.17) is 4.98 Å². The van der Waals surface area contributed by atoms with E-state index >= 15 is 0 Å². The number of halogens is 1. The van der Waals surface area contributed by atoms with Gasteiger partial charge in [-0.1, -0.05) is 26.0 Å². The highest BCUT2D eigenvalue weighted by molar-refractivity contribution is 5.96. The minimum Gasteiger partial charge on any atom is -0.264 e. The molecule has 23 heavy (non-hydrogen) atoms. The summed E-state index contributed by atoms with van der Waals surface area (Å²) in [5.74, 6) is 0.973. The lowest BCUT2D eigenvalue weighted by Gasteiger charge is -2.22. The molecule has 0 saturated heterocycles. The van der Waals surface area contributed by atoms with E-state index in [1.165, 1.54) is 29.7 Å². The zero-order valence-electron chi connectivity index (χ0n) is 13.6. The molecule has 0 spiro atoms. The number of hydrogen-bond acceptors (Lipinski definition) is 2. The van der Waals surface area contributed by atoms with Gasteiger partial charge in [-0.15, -0.1) is 0 Å². The molecular formula is C20H21FN2. The first-order chi connectivity index (χ1) is 11.1. The summed E-state index contributed by atoms with van der Waals surface area (Å²) in [6.45, 7) is 4.44. The van der Waals surface area contributed by atoms with Crippen molar-refractivity contribution in [3.8, 4) is 0 Å². The lowest BCUT2D eigenvalue weighted by molar-refractivity contribution is 0.402. The number of fused-ring (bicyclic) bond motifs is 1. The van der Waals surface area contributed by atoms with Crippen LogP contribution in [0.4, 0.5) is 4.39 Å². The Morgan fingerprint density at radius 3 is 2.74 bits per heavy atom. The molecular weight excluding hydrogens is 287 g/mol. The zero-order valence-corrected chi connectivity index (χ0v) is 13.6. The highest BCUT2D eigenvalue weighted by atomic mass is 19.1. The second kappa shape index (κ2) is 5.55. The molecule has 2 aromatic heterocycles. The molecule has 2 heterocycles. The predicted molar refractivity (Wildman–Crippen MR) is 92.2 cm³/mol. The van der Waals surface area contributed by atoms with E-state index in [0.29, 0.717) is 18.3 Å². The highest BCUT2D eigenvalue weighted by Crippen LogP contribution is 2.46. The van der Waals surface area contributed by atoms with E-state index in [9.17, 15) is 4.39 Å². The van der Waals surface area contributed by atoms with Crippen LogP contribution in [0.5, 0.6) is 0 Å². The van der Waals surface area contributed by atoms with Crippen molar-refractivity contribution in [1.82, 2.24) is 9.97 Å². The van der Waals surface area contributed by atoms with E-state index < -0.39 is 6.17 Å². The van der Waals surface area contributed by atoms with Crippen LogP contribution in [0, 0.1) is 0 Å². The van der Waals surface area contributed by atoms with Gasteiger partial charge in [-0.3, -0.25) is 9.97 Å². The van der Waals surface area contributed by atoms with Gasteiger partial charge in [-0.05, 0) is 47.6 Å². The Bertz CT molecular complexity index is 816. The van der Waals surface area contributed by atoms with Crippen LogP contribution in [0.3, 0.4) is 0 Å². The van der Waals surface area contributed by atoms with Gasteiger partial charge < -0.3 is 0 Å². The van der Waals surface area contributed by atoms with Crippen molar-refractivity contribution >= 4 is 16.5 Å². The Kier molecular flexibility index (Phi) is 3.51.